The van der Waals surface area contributed by atoms with Crippen molar-refractivity contribution >= 4 is 23.6 Å². The summed E-state index contributed by atoms with van der Waals surface area (Å²) < 4.78 is 0. The molecule has 5 heteroatoms. The Bertz CT molecular complexity index is 221. The molecule has 0 aliphatic carbocycles. The molecule has 94 valence electrons. The number of hydrogen-bond acceptors (Lipinski definition) is 3. The van der Waals surface area contributed by atoms with Crippen LogP contribution in [0.5, 0.6) is 0 Å². The minimum absolute atomic E-state index is 0.0336. The number of rotatable bonds is 9. The van der Waals surface area contributed by atoms with Gasteiger partial charge in [0.05, 0.1) is 0 Å². The molecular formula is C11H21NO3S. The van der Waals surface area contributed by atoms with Gasteiger partial charge < -0.3 is 10.4 Å². The van der Waals surface area contributed by atoms with Gasteiger partial charge in [-0.2, -0.15) is 11.8 Å². The van der Waals surface area contributed by atoms with Gasteiger partial charge in [-0.3, -0.25) is 9.59 Å². The third-order valence-electron chi connectivity index (χ3n) is 2.27. The maximum absolute atomic E-state index is 11.5. The molecule has 0 aromatic rings. The van der Waals surface area contributed by atoms with Crippen LogP contribution in [0.25, 0.3) is 0 Å². The zero-order valence-corrected chi connectivity index (χ0v) is 10.8. The van der Waals surface area contributed by atoms with E-state index in [0.29, 0.717) is 19.3 Å². The van der Waals surface area contributed by atoms with Crippen LogP contribution in [0.3, 0.4) is 0 Å². The molecule has 4 nitrogen and oxygen atoms in total. The predicted octanol–water partition coefficient (Wildman–Crippen LogP) is 1.89. The fraction of sp³-hybridized carbons (Fsp3) is 0.818. The molecule has 0 saturated heterocycles. The number of amides is 1. The lowest BCUT2D eigenvalue weighted by atomic mass is 10.1. The van der Waals surface area contributed by atoms with Crippen LogP contribution in [0.4, 0.5) is 0 Å². The lowest BCUT2D eigenvalue weighted by Crippen LogP contribution is -2.35. The predicted molar refractivity (Wildman–Crippen MR) is 66.7 cm³/mol. The molecule has 1 atom stereocenters. The van der Waals surface area contributed by atoms with Crippen LogP contribution in [0.1, 0.15) is 39.0 Å². The SMILES string of the molecule is CCC(CSC)NC(=O)CCCCC(=O)O. The summed E-state index contributed by atoms with van der Waals surface area (Å²) in [6.07, 6.45) is 4.74. The van der Waals surface area contributed by atoms with Crippen molar-refractivity contribution in [2.24, 2.45) is 0 Å². The highest BCUT2D eigenvalue weighted by Crippen LogP contribution is 2.04. The lowest BCUT2D eigenvalue weighted by molar-refractivity contribution is -0.137. The summed E-state index contributed by atoms with van der Waals surface area (Å²) in [4.78, 5) is 21.7. The maximum Gasteiger partial charge on any atom is 0.303 e. The highest BCUT2D eigenvalue weighted by Gasteiger charge is 2.09. The molecule has 16 heavy (non-hydrogen) atoms. The maximum atomic E-state index is 11.5. The fourth-order valence-electron chi connectivity index (χ4n) is 1.32. The van der Waals surface area contributed by atoms with E-state index in [2.05, 4.69) is 5.32 Å². The van der Waals surface area contributed by atoms with Crippen molar-refractivity contribution < 1.29 is 14.7 Å². The fourth-order valence-corrected chi connectivity index (χ4v) is 2.05. The molecule has 0 heterocycles. The lowest BCUT2D eigenvalue weighted by Gasteiger charge is -2.15. The molecule has 0 aromatic heterocycles. The summed E-state index contributed by atoms with van der Waals surface area (Å²) in [6, 6.07) is 0.238. The molecule has 0 spiro atoms. The Morgan fingerprint density at radius 2 is 1.94 bits per heavy atom. The molecule has 1 amide bonds. The summed E-state index contributed by atoms with van der Waals surface area (Å²) in [7, 11) is 0. The topological polar surface area (TPSA) is 66.4 Å². The average Bonchev–Trinajstić information content (AvgIpc) is 2.23. The summed E-state index contributed by atoms with van der Waals surface area (Å²) in [6.45, 7) is 2.05. The van der Waals surface area contributed by atoms with Gasteiger partial charge in [0, 0.05) is 24.6 Å². The van der Waals surface area contributed by atoms with Gasteiger partial charge in [0.25, 0.3) is 0 Å². The average molecular weight is 247 g/mol. The number of thioether (sulfide) groups is 1. The van der Waals surface area contributed by atoms with E-state index >= 15 is 0 Å². The first-order valence-electron chi connectivity index (χ1n) is 5.60. The monoisotopic (exact) mass is 247 g/mol. The molecule has 0 saturated carbocycles. The first-order valence-corrected chi connectivity index (χ1v) is 6.99. The summed E-state index contributed by atoms with van der Waals surface area (Å²) >= 11 is 1.72. The van der Waals surface area contributed by atoms with Crippen LogP contribution in [-0.4, -0.2) is 35.0 Å². The Kier molecular flexibility index (Phi) is 9.09. The normalized spacial score (nSPS) is 12.1. The largest absolute Gasteiger partial charge is 0.481 e. The van der Waals surface area contributed by atoms with Crippen molar-refractivity contribution in [1.82, 2.24) is 5.32 Å². The zero-order valence-electron chi connectivity index (χ0n) is 9.99. The summed E-state index contributed by atoms with van der Waals surface area (Å²) in [5.41, 5.74) is 0. The minimum Gasteiger partial charge on any atom is -0.481 e. The second-order valence-corrected chi connectivity index (χ2v) is 4.64. The Morgan fingerprint density at radius 3 is 2.44 bits per heavy atom. The van der Waals surface area contributed by atoms with Gasteiger partial charge >= 0.3 is 5.97 Å². The molecule has 0 fully saturated rings. The number of hydrogen-bond donors (Lipinski definition) is 2. The van der Waals surface area contributed by atoms with Crippen molar-refractivity contribution in [1.29, 1.82) is 0 Å². The molecule has 2 N–H and O–H groups in total. The number of carbonyl (C=O) groups is 2. The summed E-state index contributed by atoms with van der Waals surface area (Å²) in [5.74, 6) is 0.165. The number of unbranched alkanes of at least 4 members (excludes halogenated alkanes) is 1. The first kappa shape index (κ1) is 15.3. The Morgan fingerprint density at radius 1 is 1.31 bits per heavy atom. The van der Waals surface area contributed by atoms with E-state index < -0.39 is 5.97 Å². The zero-order chi connectivity index (χ0) is 12.4. The van der Waals surface area contributed by atoms with E-state index in [9.17, 15) is 9.59 Å². The third kappa shape index (κ3) is 8.59. The van der Waals surface area contributed by atoms with Crippen molar-refractivity contribution in [2.45, 2.75) is 45.1 Å². The number of aliphatic carboxylic acids is 1. The van der Waals surface area contributed by atoms with Gasteiger partial charge in [0.1, 0.15) is 0 Å². The first-order chi connectivity index (χ1) is 7.60. The standard InChI is InChI=1S/C11H21NO3S/c1-3-9(8-16-2)12-10(13)6-4-5-7-11(14)15/h9H,3-8H2,1-2H3,(H,12,13)(H,14,15). The van der Waals surface area contributed by atoms with Gasteiger partial charge in [-0.15, -0.1) is 0 Å². The number of carboxylic acids is 1. The number of nitrogens with one attached hydrogen (secondary N) is 1. The molecule has 0 aliphatic heterocycles. The molecule has 0 bridgehead atoms. The van der Waals surface area contributed by atoms with Crippen molar-refractivity contribution in [3.8, 4) is 0 Å². The van der Waals surface area contributed by atoms with Gasteiger partial charge in [0.2, 0.25) is 5.91 Å². The van der Waals surface area contributed by atoms with Crippen molar-refractivity contribution in [2.75, 3.05) is 12.0 Å². The van der Waals surface area contributed by atoms with E-state index in [1.165, 1.54) is 0 Å². The van der Waals surface area contributed by atoms with Gasteiger partial charge in [-0.1, -0.05) is 6.92 Å². The molecular weight excluding hydrogens is 226 g/mol. The molecule has 0 aliphatic rings. The Balaban J connectivity index is 3.60. The Labute approximate surface area is 101 Å². The van der Waals surface area contributed by atoms with Crippen molar-refractivity contribution in [3.63, 3.8) is 0 Å². The smallest absolute Gasteiger partial charge is 0.303 e. The molecule has 0 aromatic carbocycles. The molecule has 0 radical (unpaired) electrons. The van der Waals surface area contributed by atoms with Crippen LogP contribution in [0.15, 0.2) is 0 Å². The van der Waals surface area contributed by atoms with E-state index in [1.54, 1.807) is 11.8 Å². The van der Waals surface area contributed by atoms with E-state index in [1.807, 2.05) is 13.2 Å². The minimum atomic E-state index is -0.797. The Hall–Kier alpha value is -0.710. The van der Waals surface area contributed by atoms with Crippen LogP contribution in [0, 0.1) is 0 Å². The van der Waals surface area contributed by atoms with Gasteiger partial charge in [-0.25, -0.2) is 0 Å². The van der Waals surface area contributed by atoms with Gasteiger partial charge in [-0.05, 0) is 25.5 Å². The second kappa shape index (κ2) is 9.51. The van der Waals surface area contributed by atoms with Crippen LogP contribution < -0.4 is 5.32 Å². The van der Waals surface area contributed by atoms with E-state index in [4.69, 9.17) is 5.11 Å². The van der Waals surface area contributed by atoms with Crippen LogP contribution in [0.2, 0.25) is 0 Å². The highest BCUT2D eigenvalue weighted by atomic mass is 32.2. The molecule has 0 rings (SSSR count). The quantitative estimate of drug-likeness (QED) is 0.611. The van der Waals surface area contributed by atoms with Crippen LogP contribution >= 0.6 is 11.8 Å². The number of carboxylic acid groups (broad SMARTS) is 1. The summed E-state index contributed by atoms with van der Waals surface area (Å²) in [5, 5.41) is 11.4. The van der Waals surface area contributed by atoms with Gasteiger partial charge in [0.15, 0.2) is 0 Å². The second-order valence-electron chi connectivity index (χ2n) is 3.73. The third-order valence-corrected chi connectivity index (χ3v) is 3.01. The van der Waals surface area contributed by atoms with E-state index in [0.717, 1.165) is 12.2 Å². The van der Waals surface area contributed by atoms with E-state index in [-0.39, 0.29) is 18.4 Å². The van der Waals surface area contributed by atoms with Crippen molar-refractivity contribution in [3.05, 3.63) is 0 Å². The molecule has 1 unspecified atom stereocenters. The number of carbonyl (C=O) groups excluding carboxylic acids is 1. The van der Waals surface area contributed by atoms with Crippen LogP contribution in [-0.2, 0) is 9.59 Å². The highest BCUT2D eigenvalue weighted by molar-refractivity contribution is 7.98.